The molecule has 0 aromatic heterocycles. The molecule has 8 heteroatoms. The molecule has 0 radical (unpaired) electrons. The van der Waals surface area contributed by atoms with Crippen LogP contribution in [0.25, 0.3) is 0 Å². The van der Waals surface area contributed by atoms with E-state index in [2.05, 4.69) is 4.90 Å². The van der Waals surface area contributed by atoms with Crippen LogP contribution in [0, 0.1) is 0 Å². The predicted molar refractivity (Wildman–Crippen MR) is 108 cm³/mol. The van der Waals surface area contributed by atoms with Crippen LogP contribution < -0.4 is 4.90 Å². The monoisotopic (exact) mass is 400 g/mol. The Kier molecular flexibility index (Phi) is 6.10. The van der Waals surface area contributed by atoms with Crippen LogP contribution in [0.3, 0.4) is 0 Å². The van der Waals surface area contributed by atoms with Gasteiger partial charge in [-0.3, -0.25) is 19.3 Å². The van der Waals surface area contributed by atoms with Crippen molar-refractivity contribution in [2.24, 2.45) is 0 Å². The maximum absolute atomic E-state index is 12.8. The largest absolute Gasteiger partial charge is 0.379 e. The van der Waals surface area contributed by atoms with E-state index in [1.165, 1.54) is 0 Å². The molecule has 0 saturated carbocycles. The van der Waals surface area contributed by atoms with Crippen molar-refractivity contribution in [3.63, 3.8) is 0 Å². The number of carbonyl (C=O) groups excluding carboxylic acids is 3. The van der Waals surface area contributed by atoms with Crippen LogP contribution in [0.4, 0.5) is 5.69 Å². The van der Waals surface area contributed by atoms with E-state index in [0.29, 0.717) is 57.9 Å². The molecule has 3 aliphatic heterocycles. The van der Waals surface area contributed by atoms with E-state index in [4.69, 9.17) is 4.74 Å². The summed E-state index contributed by atoms with van der Waals surface area (Å²) < 4.78 is 5.32. The van der Waals surface area contributed by atoms with Gasteiger partial charge in [-0.05, 0) is 30.7 Å². The van der Waals surface area contributed by atoms with Gasteiger partial charge in [0.1, 0.15) is 0 Å². The van der Waals surface area contributed by atoms with Gasteiger partial charge in [0.25, 0.3) is 5.91 Å². The standard InChI is InChI=1S/C21H28N4O4/c26-19-2-1-7-25(19)18-5-3-17(4-6-18)21(28)24-10-8-23(9-11-24)20(27)16-22-12-14-29-15-13-22/h3-6H,1-2,7-16H2. The molecule has 3 heterocycles. The smallest absolute Gasteiger partial charge is 0.253 e. The minimum absolute atomic E-state index is 0.0235. The Balaban J connectivity index is 1.28. The van der Waals surface area contributed by atoms with Crippen molar-refractivity contribution < 1.29 is 19.1 Å². The first-order chi connectivity index (χ1) is 14.1. The highest BCUT2D eigenvalue weighted by Crippen LogP contribution is 2.22. The molecule has 1 aromatic rings. The molecule has 0 spiro atoms. The molecule has 156 valence electrons. The quantitative estimate of drug-likeness (QED) is 0.733. The van der Waals surface area contributed by atoms with E-state index in [-0.39, 0.29) is 17.7 Å². The molecule has 4 rings (SSSR count). The van der Waals surface area contributed by atoms with Crippen molar-refractivity contribution in [1.82, 2.24) is 14.7 Å². The summed E-state index contributed by atoms with van der Waals surface area (Å²) in [6, 6.07) is 7.27. The summed E-state index contributed by atoms with van der Waals surface area (Å²) in [7, 11) is 0. The first kappa shape index (κ1) is 19.8. The van der Waals surface area contributed by atoms with Crippen LogP contribution in [-0.2, 0) is 14.3 Å². The van der Waals surface area contributed by atoms with Crippen molar-refractivity contribution in [2.45, 2.75) is 12.8 Å². The Labute approximate surface area is 171 Å². The second-order valence-corrected chi connectivity index (χ2v) is 7.76. The molecule has 0 atom stereocenters. The van der Waals surface area contributed by atoms with Crippen LogP contribution in [0.15, 0.2) is 24.3 Å². The van der Waals surface area contributed by atoms with Gasteiger partial charge in [0.2, 0.25) is 11.8 Å². The van der Waals surface area contributed by atoms with Crippen molar-refractivity contribution in [3.05, 3.63) is 29.8 Å². The van der Waals surface area contributed by atoms with Gasteiger partial charge < -0.3 is 19.4 Å². The number of amides is 3. The highest BCUT2D eigenvalue weighted by atomic mass is 16.5. The van der Waals surface area contributed by atoms with Crippen LogP contribution >= 0.6 is 0 Å². The number of carbonyl (C=O) groups is 3. The molecule has 3 aliphatic rings. The first-order valence-corrected chi connectivity index (χ1v) is 10.4. The van der Waals surface area contributed by atoms with E-state index in [0.717, 1.165) is 31.7 Å². The molecule has 0 N–H and O–H groups in total. The third-order valence-electron chi connectivity index (χ3n) is 5.88. The van der Waals surface area contributed by atoms with E-state index < -0.39 is 0 Å². The van der Waals surface area contributed by atoms with E-state index in [1.807, 2.05) is 17.0 Å². The van der Waals surface area contributed by atoms with Gasteiger partial charge in [-0.1, -0.05) is 0 Å². The zero-order valence-corrected chi connectivity index (χ0v) is 16.7. The molecular formula is C21H28N4O4. The molecule has 0 bridgehead atoms. The first-order valence-electron chi connectivity index (χ1n) is 10.4. The maximum atomic E-state index is 12.8. The molecule has 8 nitrogen and oxygen atoms in total. The zero-order valence-electron chi connectivity index (χ0n) is 16.7. The van der Waals surface area contributed by atoms with Gasteiger partial charge in [0, 0.05) is 63.5 Å². The van der Waals surface area contributed by atoms with Crippen molar-refractivity contribution in [2.75, 3.05) is 70.5 Å². The van der Waals surface area contributed by atoms with E-state index in [1.54, 1.807) is 21.9 Å². The molecule has 29 heavy (non-hydrogen) atoms. The number of piperazine rings is 1. The molecule has 3 saturated heterocycles. The Morgan fingerprint density at radius 3 is 2.14 bits per heavy atom. The van der Waals surface area contributed by atoms with Crippen molar-refractivity contribution in [3.8, 4) is 0 Å². The highest BCUT2D eigenvalue weighted by Gasteiger charge is 2.27. The fourth-order valence-electron chi connectivity index (χ4n) is 4.10. The third kappa shape index (κ3) is 4.59. The average molecular weight is 400 g/mol. The van der Waals surface area contributed by atoms with Gasteiger partial charge >= 0.3 is 0 Å². The third-order valence-corrected chi connectivity index (χ3v) is 5.88. The van der Waals surface area contributed by atoms with Crippen LogP contribution in [-0.4, -0.2) is 98.0 Å². The lowest BCUT2D eigenvalue weighted by molar-refractivity contribution is -0.134. The summed E-state index contributed by atoms with van der Waals surface area (Å²) in [5.74, 6) is 0.241. The van der Waals surface area contributed by atoms with Gasteiger partial charge in [0.05, 0.1) is 19.8 Å². The second-order valence-electron chi connectivity index (χ2n) is 7.76. The highest BCUT2D eigenvalue weighted by molar-refractivity contribution is 5.97. The van der Waals surface area contributed by atoms with Gasteiger partial charge in [-0.25, -0.2) is 0 Å². The molecule has 0 unspecified atom stereocenters. The number of rotatable bonds is 4. The lowest BCUT2D eigenvalue weighted by Crippen LogP contribution is -2.53. The van der Waals surface area contributed by atoms with Crippen LogP contribution in [0.1, 0.15) is 23.2 Å². The van der Waals surface area contributed by atoms with Gasteiger partial charge in [0.15, 0.2) is 0 Å². The Morgan fingerprint density at radius 2 is 1.52 bits per heavy atom. The number of hydrogen-bond acceptors (Lipinski definition) is 5. The second kappa shape index (κ2) is 8.92. The normalized spacial score (nSPS) is 21.0. The lowest BCUT2D eigenvalue weighted by Gasteiger charge is -2.36. The number of benzene rings is 1. The number of nitrogens with zero attached hydrogens (tertiary/aromatic N) is 4. The zero-order chi connectivity index (χ0) is 20.2. The molecule has 1 aromatic carbocycles. The van der Waals surface area contributed by atoms with Gasteiger partial charge in [-0.2, -0.15) is 0 Å². The van der Waals surface area contributed by atoms with Crippen LogP contribution in [0.2, 0.25) is 0 Å². The fourth-order valence-corrected chi connectivity index (χ4v) is 4.10. The van der Waals surface area contributed by atoms with E-state index >= 15 is 0 Å². The average Bonchev–Trinajstić information content (AvgIpc) is 3.20. The van der Waals surface area contributed by atoms with Gasteiger partial charge in [-0.15, -0.1) is 0 Å². The molecule has 3 fully saturated rings. The summed E-state index contributed by atoms with van der Waals surface area (Å²) in [4.78, 5) is 44.7. The molecular weight excluding hydrogens is 372 g/mol. The van der Waals surface area contributed by atoms with E-state index in [9.17, 15) is 14.4 Å². The fraction of sp³-hybridized carbons (Fsp3) is 0.571. The number of ether oxygens (including phenoxy) is 1. The predicted octanol–water partition coefficient (Wildman–Crippen LogP) is 0.430. The van der Waals surface area contributed by atoms with Crippen molar-refractivity contribution >= 4 is 23.4 Å². The molecule has 3 amide bonds. The summed E-state index contributed by atoms with van der Waals surface area (Å²) in [6.07, 6.45) is 1.48. The van der Waals surface area contributed by atoms with Crippen molar-refractivity contribution in [1.29, 1.82) is 0 Å². The Hall–Kier alpha value is -2.45. The Bertz CT molecular complexity index is 752. The summed E-state index contributed by atoms with van der Waals surface area (Å²) in [5.41, 5.74) is 1.47. The SMILES string of the molecule is O=C(CN1CCOCC1)N1CCN(C(=O)c2ccc(N3CCCC3=O)cc2)CC1. The number of hydrogen-bond donors (Lipinski definition) is 0. The maximum Gasteiger partial charge on any atom is 0.253 e. The molecule has 0 aliphatic carbocycles. The summed E-state index contributed by atoms with van der Waals surface area (Å²) >= 11 is 0. The number of anilines is 1. The minimum atomic E-state index is -0.0235. The summed E-state index contributed by atoms with van der Waals surface area (Å²) in [5, 5.41) is 0. The van der Waals surface area contributed by atoms with Crippen LogP contribution in [0.5, 0.6) is 0 Å². The summed E-state index contributed by atoms with van der Waals surface area (Å²) in [6.45, 7) is 6.33. The number of morpholine rings is 1. The lowest BCUT2D eigenvalue weighted by atomic mass is 10.1. The topological polar surface area (TPSA) is 73.4 Å². The Morgan fingerprint density at radius 1 is 0.862 bits per heavy atom. The minimum Gasteiger partial charge on any atom is -0.379 e.